The molecule has 1 heterocycles. The Bertz CT molecular complexity index is 907. The van der Waals surface area contributed by atoms with E-state index in [0.29, 0.717) is 18.8 Å². The monoisotopic (exact) mass is 500 g/mol. The molecular formula is C25H26BrClN2O2. The Balaban J connectivity index is 0.00000272. The van der Waals surface area contributed by atoms with Gasteiger partial charge in [-0.25, -0.2) is 0 Å². The van der Waals surface area contributed by atoms with Gasteiger partial charge in [0, 0.05) is 30.7 Å². The van der Waals surface area contributed by atoms with Crippen LogP contribution in [-0.2, 0) is 4.79 Å². The maximum Gasteiger partial charge on any atom is 0.260 e. The summed E-state index contributed by atoms with van der Waals surface area (Å²) in [5.41, 5.74) is 2.56. The smallest absolute Gasteiger partial charge is 0.260 e. The fourth-order valence-corrected chi connectivity index (χ4v) is 4.15. The van der Waals surface area contributed by atoms with Crippen molar-refractivity contribution in [2.75, 3.05) is 32.8 Å². The summed E-state index contributed by atoms with van der Waals surface area (Å²) in [4.78, 5) is 17.0. The van der Waals surface area contributed by atoms with Crippen molar-refractivity contribution in [2.45, 2.75) is 6.04 Å². The minimum atomic E-state index is 0. The molecule has 0 N–H and O–H groups in total. The summed E-state index contributed by atoms with van der Waals surface area (Å²) in [5.74, 6) is 0.743. The molecular weight excluding hydrogens is 476 g/mol. The number of carbonyl (C=O) groups is 1. The molecule has 0 aromatic heterocycles. The normalized spacial score (nSPS) is 14.2. The third kappa shape index (κ3) is 6.10. The van der Waals surface area contributed by atoms with E-state index in [1.807, 2.05) is 41.3 Å². The van der Waals surface area contributed by atoms with Crippen LogP contribution in [0.3, 0.4) is 0 Å². The van der Waals surface area contributed by atoms with Crippen LogP contribution in [0.1, 0.15) is 17.2 Å². The first-order chi connectivity index (χ1) is 14.7. The van der Waals surface area contributed by atoms with Crippen LogP contribution in [0.5, 0.6) is 5.75 Å². The molecule has 0 spiro atoms. The molecule has 4 rings (SSSR count). The number of benzene rings is 3. The van der Waals surface area contributed by atoms with Gasteiger partial charge in [-0.2, -0.15) is 0 Å². The molecule has 0 saturated carbocycles. The lowest BCUT2D eigenvalue weighted by atomic mass is 9.96. The number of piperazine rings is 1. The topological polar surface area (TPSA) is 32.8 Å². The lowest BCUT2D eigenvalue weighted by Gasteiger charge is -2.39. The van der Waals surface area contributed by atoms with Crippen molar-refractivity contribution in [2.24, 2.45) is 0 Å². The summed E-state index contributed by atoms with van der Waals surface area (Å²) in [6.07, 6.45) is 0. The van der Waals surface area contributed by atoms with E-state index in [9.17, 15) is 4.79 Å². The van der Waals surface area contributed by atoms with Gasteiger partial charge in [0.2, 0.25) is 0 Å². The van der Waals surface area contributed by atoms with Gasteiger partial charge in [-0.3, -0.25) is 9.69 Å². The standard InChI is InChI=1S/C25H25BrN2O2.ClH/c26-22-11-13-23(14-12-22)30-19-24(29)27-15-17-28(18-16-27)25(20-7-3-1-4-8-20)21-9-5-2-6-10-21;/h1-14,25H,15-19H2;1H. The first-order valence-corrected chi connectivity index (χ1v) is 11.0. The number of hydrogen-bond donors (Lipinski definition) is 0. The summed E-state index contributed by atoms with van der Waals surface area (Å²) in [5, 5.41) is 0. The predicted octanol–water partition coefficient (Wildman–Crippen LogP) is 5.18. The molecule has 1 saturated heterocycles. The number of amides is 1. The van der Waals surface area contributed by atoms with Crippen LogP contribution in [-0.4, -0.2) is 48.5 Å². The molecule has 0 bridgehead atoms. The molecule has 3 aromatic carbocycles. The minimum Gasteiger partial charge on any atom is -0.484 e. The number of halogens is 2. The maximum absolute atomic E-state index is 12.6. The molecule has 0 unspecified atom stereocenters. The third-order valence-corrected chi connectivity index (χ3v) is 5.97. The van der Waals surface area contributed by atoms with Crippen molar-refractivity contribution in [3.05, 3.63) is 101 Å². The molecule has 3 aromatic rings. The summed E-state index contributed by atoms with van der Waals surface area (Å²) < 4.78 is 6.65. The summed E-state index contributed by atoms with van der Waals surface area (Å²) in [6.45, 7) is 3.15. The molecule has 31 heavy (non-hydrogen) atoms. The molecule has 1 amide bonds. The Labute approximate surface area is 198 Å². The van der Waals surface area contributed by atoms with Crippen LogP contribution >= 0.6 is 28.3 Å². The van der Waals surface area contributed by atoms with E-state index >= 15 is 0 Å². The van der Waals surface area contributed by atoms with Crippen LogP contribution in [0.4, 0.5) is 0 Å². The van der Waals surface area contributed by atoms with Crippen molar-refractivity contribution in [1.29, 1.82) is 0 Å². The predicted molar refractivity (Wildman–Crippen MR) is 130 cm³/mol. The first-order valence-electron chi connectivity index (χ1n) is 10.2. The first kappa shape index (κ1) is 23.3. The SMILES string of the molecule is Cl.O=C(COc1ccc(Br)cc1)N1CCN(C(c2ccccc2)c2ccccc2)CC1. The van der Waals surface area contributed by atoms with E-state index in [2.05, 4.69) is 69.4 Å². The summed E-state index contributed by atoms with van der Waals surface area (Å²) in [6, 6.07) is 28.9. The van der Waals surface area contributed by atoms with Gasteiger partial charge in [0.05, 0.1) is 6.04 Å². The van der Waals surface area contributed by atoms with Crippen LogP contribution in [0.15, 0.2) is 89.4 Å². The Morgan fingerprint density at radius 1 is 0.806 bits per heavy atom. The van der Waals surface area contributed by atoms with Crippen LogP contribution in [0.25, 0.3) is 0 Å². The van der Waals surface area contributed by atoms with Gasteiger partial charge in [0.25, 0.3) is 5.91 Å². The number of ether oxygens (including phenoxy) is 1. The van der Waals surface area contributed by atoms with Crippen molar-refractivity contribution in [3.8, 4) is 5.75 Å². The van der Waals surface area contributed by atoms with Gasteiger partial charge in [-0.05, 0) is 35.4 Å². The molecule has 1 aliphatic rings. The van der Waals surface area contributed by atoms with E-state index in [1.54, 1.807) is 0 Å². The minimum absolute atomic E-state index is 0. The molecule has 0 atom stereocenters. The largest absolute Gasteiger partial charge is 0.484 e. The van der Waals surface area contributed by atoms with Crippen molar-refractivity contribution >= 4 is 34.2 Å². The Morgan fingerprint density at radius 2 is 1.32 bits per heavy atom. The van der Waals surface area contributed by atoms with Gasteiger partial charge in [-0.1, -0.05) is 76.6 Å². The van der Waals surface area contributed by atoms with Gasteiger partial charge < -0.3 is 9.64 Å². The Morgan fingerprint density at radius 3 is 1.84 bits per heavy atom. The second-order valence-corrected chi connectivity index (χ2v) is 8.30. The second kappa shape index (κ2) is 11.3. The molecule has 0 radical (unpaired) electrons. The lowest BCUT2D eigenvalue weighted by Crippen LogP contribution is -2.51. The van der Waals surface area contributed by atoms with E-state index in [-0.39, 0.29) is 31.0 Å². The number of rotatable bonds is 6. The van der Waals surface area contributed by atoms with Crippen molar-refractivity contribution in [1.82, 2.24) is 9.80 Å². The number of carbonyl (C=O) groups excluding carboxylic acids is 1. The van der Waals surface area contributed by atoms with Gasteiger partial charge in [0.1, 0.15) is 5.75 Å². The summed E-state index contributed by atoms with van der Waals surface area (Å²) in [7, 11) is 0. The van der Waals surface area contributed by atoms with Crippen molar-refractivity contribution in [3.63, 3.8) is 0 Å². The van der Waals surface area contributed by atoms with Crippen molar-refractivity contribution < 1.29 is 9.53 Å². The average Bonchev–Trinajstić information content (AvgIpc) is 2.81. The Hall–Kier alpha value is -2.34. The third-order valence-electron chi connectivity index (χ3n) is 5.44. The molecule has 0 aliphatic carbocycles. The fourth-order valence-electron chi connectivity index (χ4n) is 3.88. The highest BCUT2D eigenvalue weighted by Gasteiger charge is 2.28. The highest BCUT2D eigenvalue weighted by atomic mass is 79.9. The summed E-state index contributed by atoms with van der Waals surface area (Å²) >= 11 is 3.40. The van der Waals surface area contributed by atoms with Gasteiger partial charge in [-0.15, -0.1) is 12.4 Å². The van der Waals surface area contributed by atoms with E-state index in [1.165, 1.54) is 11.1 Å². The van der Waals surface area contributed by atoms with E-state index < -0.39 is 0 Å². The molecule has 162 valence electrons. The quantitative estimate of drug-likeness (QED) is 0.466. The van der Waals surface area contributed by atoms with Crippen LogP contribution in [0, 0.1) is 0 Å². The lowest BCUT2D eigenvalue weighted by molar-refractivity contribution is -0.135. The molecule has 6 heteroatoms. The van der Waals surface area contributed by atoms with E-state index in [4.69, 9.17) is 4.74 Å². The zero-order valence-corrected chi connectivity index (χ0v) is 19.6. The zero-order chi connectivity index (χ0) is 20.8. The Kier molecular flexibility index (Phi) is 8.52. The molecule has 4 nitrogen and oxygen atoms in total. The van der Waals surface area contributed by atoms with E-state index in [0.717, 1.165) is 17.6 Å². The number of nitrogens with zero attached hydrogens (tertiary/aromatic N) is 2. The highest BCUT2D eigenvalue weighted by molar-refractivity contribution is 9.10. The fraction of sp³-hybridized carbons (Fsp3) is 0.240. The molecule has 1 aliphatic heterocycles. The zero-order valence-electron chi connectivity index (χ0n) is 17.2. The van der Waals surface area contributed by atoms with Gasteiger partial charge in [0.15, 0.2) is 6.61 Å². The number of hydrogen-bond acceptors (Lipinski definition) is 3. The van der Waals surface area contributed by atoms with Gasteiger partial charge >= 0.3 is 0 Å². The maximum atomic E-state index is 12.6. The second-order valence-electron chi connectivity index (χ2n) is 7.38. The highest BCUT2D eigenvalue weighted by Crippen LogP contribution is 2.29. The van der Waals surface area contributed by atoms with Crippen LogP contribution < -0.4 is 4.74 Å². The average molecular weight is 502 g/mol. The molecule has 1 fully saturated rings. The van der Waals surface area contributed by atoms with Crippen LogP contribution in [0.2, 0.25) is 0 Å².